The van der Waals surface area contributed by atoms with E-state index in [2.05, 4.69) is 32.7 Å². The van der Waals surface area contributed by atoms with Crippen molar-refractivity contribution in [3.8, 4) is 5.88 Å². The normalized spacial score (nSPS) is 14.8. The van der Waals surface area contributed by atoms with Gasteiger partial charge in [-0.25, -0.2) is 9.78 Å². The van der Waals surface area contributed by atoms with Crippen LogP contribution in [0.25, 0.3) is 0 Å². The number of hydrogen-bond acceptors (Lipinski definition) is 4. The molecular formula is C17H20N4O2. The van der Waals surface area contributed by atoms with Crippen molar-refractivity contribution in [2.75, 3.05) is 12.4 Å². The zero-order valence-electron chi connectivity index (χ0n) is 13.0. The molecule has 1 saturated carbocycles. The van der Waals surface area contributed by atoms with E-state index >= 15 is 0 Å². The Hall–Kier alpha value is -2.63. The van der Waals surface area contributed by atoms with Crippen molar-refractivity contribution < 1.29 is 9.53 Å². The number of aromatic nitrogens is 2. The number of hydrogen-bond donors (Lipinski definition) is 2. The molecule has 0 aliphatic heterocycles. The third kappa shape index (κ3) is 4.18. The number of nitrogens with zero attached hydrogens (tertiary/aromatic N) is 2. The van der Waals surface area contributed by atoms with Crippen molar-refractivity contribution >= 4 is 11.7 Å². The Morgan fingerprint density at radius 2 is 2.13 bits per heavy atom. The number of anilines is 1. The van der Waals surface area contributed by atoms with Crippen LogP contribution in [0.2, 0.25) is 0 Å². The van der Waals surface area contributed by atoms with Gasteiger partial charge in [-0.3, -0.25) is 0 Å². The Bertz CT molecular complexity index is 659. The lowest BCUT2D eigenvalue weighted by Crippen LogP contribution is -2.40. The average Bonchev–Trinajstić information content (AvgIpc) is 3.40. The minimum absolute atomic E-state index is 0.132. The van der Waals surface area contributed by atoms with Gasteiger partial charge in [-0.1, -0.05) is 30.3 Å². The molecule has 1 heterocycles. The molecule has 1 aliphatic carbocycles. The van der Waals surface area contributed by atoms with E-state index in [9.17, 15) is 4.79 Å². The molecule has 6 heteroatoms. The Morgan fingerprint density at radius 3 is 2.83 bits per heavy atom. The molecule has 2 amide bonds. The van der Waals surface area contributed by atoms with Gasteiger partial charge in [0, 0.05) is 6.04 Å². The molecule has 6 nitrogen and oxygen atoms in total. The summed E-state index contributed by atoms with van der Waals surface area (Å²) in [6, 6.07) is 10.1. The number of carbonyl (C=O) groups excluding carboxylic acids is 1. The highest BCUT2D eigenvalue weighted by atomic mass is 16.5. The van der Waals surface area contributed by atoms with Gasteiger partial charge in [0.25, 0.3) is 0 Å². The second kappa shape index (κ2) is 7.09. The average molecular weight is 312 g/mol. The van der Waals surface area contributed by atoms with E-state index in [-0.39, 0.29) is 12.1 Å². The highest BCUT2D eigenvalue weighted by Crippen LogP contribution is 2.34. The quantitative estimate of drug-likeness (QED) is 0.859. The third-order valence-electron chi connectivity index (χ3n) is 3.92. The molecule has 0 bridgehead atoms. The van der Waals surface area contributed by atoms with Gasteiger partial charge in [-0.05, 0) is 30.7 Å². The maximum atomic E-state index is 12.3. The first-order chi connectivity index (χ1) is 11.3. The van der Waals surface area contributed by atoms with Crippen molar-refractivity contribution in [3.05, 3.63) is 48.4 Å². The second-order valence-electron chi connectivity index (χ2n) is 5.68. The molecule has 1 aliphatic rings. The van der Waals surface area contributed by atoms with Gasteiger partial charge in [0.2, 0.25) is 5.88 Å². The van der Waals surface area contributed by atoms with E-state index in [4.69, 9.17) is 4.74 Å². The summed E-state index contributed by atoms with van der Waals surface area (Å²) < 4.78 is 5.11. The van der Waals surface area contributed by atoms with Crippen molar-refractivity contribution in [2.24, 2.45) is 5.92 Å². The van der Waals surface area contributed by atoms with Gasteiger partial charge in [0.1, 0.15) is 12.0 Å². The van der Waals surface area contributed by atoms with E-state index in [0.29, 0.717) is 17.5 Å². The van der Waals surface area contributed by atoms with E-state index in [1.54, 1.807) is 0 Å². The number of nitrogens with one attached hydrogen (secondary N) is 2. The highest BCUT2D eigenvalue weighted by molar-refractivity contribution is 5.90. The number of ether oxygens (including phenoxy) is 1. The summed E-state index contributed by atoms with van der Waals surface area (Å²) in [5.41, 5.74) is 1.69. The van der Waals surface area contributed by atoms with Gasteiger partial charge in [-0.2, -0.15) is 4.98 Å². The van der Waals surface area contributed by atoms with Crippen LogP contribution < -0.4 is 15.4 Å². The lowest BCUT2D eigenvalue weighted by molar-refractivity contribution is 0.246. The minimum atomic E-state index is -0.258. The molecule has 1 aromatic carbocycles. The summed E-state index contributed by atoms with van der Waals surface area (Å²) in [6.07, 6.45) is 6.06. The van der Waals surface area contributed by atoms with Gasteiger partial charge < -0.3 is 15.4 Å². The number of methoxy groups -OCH3 is 1. The molecule has 0 spiro atoms. The lowest BCUT2D eigenvalue weighted by atomic mass is 10.0. The van der Waals surface area contributed by atoms with Crippen LogP contribution in [0.4, 0.5) is 10.5 Å². The molecule has 0 unspecified atom stereocenters. The molecule has 1 atom stereocenters. The van der Waals surface area contributed by atoms with Crippen LogP contribution in [-0.4, -0.2) is 29.2 Å². The van der Waals surface area contributed by atoms with E-state index in [0.717, 1.165) is 19.3 Å². The molecule has 120 valence electrons. The smallest absolute Gasteiger partial charge is 0.319 e. The molecule has 1 fully saturated rings. The van der Waals surface area contributed by atoms with E-state index in [1.165, 1.54) is 25.2 Å². The monoisotopic (exact) mass is 312 g/mol. The van der Waals surface area contributed by atoms with Crippen LogP contribution in [0.15, 0.2) is 42.9 Å². The van der Waals surface area contributed by atoms with Gasteiger partial charge in [-0.15, -0.1) is 0 Å². The van der Waals surface area contributed by atoms with Gasteiger partial charge in [0.05, 0.1) is 13.3 Å². The summed E-state index contributed by atoms with van der Waals surface area (Å²) >= 11 is 0. The second-order valence-corrected chi connectivity index (χ2v) is 5.68. The van der Waals surface area contributed by atoms with Crippen molar-refractivity contribution in [1.82, 2.24) is 15.3 Å². The van der Waals surface area contributed by atoms with Crippen LogP contribution >= 0.6 is 0 Å². The minimum Gasteiger partial charge on any atom is -0.479 e. The van der Waals surface area contributed by atoms with Crippen molar-refractivity contribution in [1.29, 1.82) is 0 Å². The predicted molar refractivity (Wildman–Crippen MR) is 87.4 cm³/mol. The summed E-state index contributed by atoms with van der Waals surface area (Å²) in [5.74, 6) is 0.899. The maximum Gasteiger partial charge on any atom is 0.319 e. The van der Waals surface area contributed by atoms with Crippen LogP contribution in [-0.2, 0) is 6.42 Å². The van der Waals surface area contributed by atoms with E-state index in [1.807, 2.05) is 18.2 Å². The maximum absolute atomic E-state index is 12.3. The zero-order valence-corrected chi connectivity index (χ0v) is 13.0. The third-order valence-corrected chi connectivity index (χ3v) is 3.92. The van der Waals surface area contributed by atoms with E-state index < -0.39 is 0 Å². The number of amides is 2. The van der Waals surface area contributed by atoms with Crippen LogP contribution in [0.5, 0.6) is 5.88 Å². The Morgan fingerprint density at radius 1 is 1.35 bits per heavy atom. The van der Waals surface area contributed by atoms with Crippen molar-refractivity contribution in [2.45, 2.75) is 25.3 Å². The Kier molecular flexibility index (Phi) is 4.71. The number of benzene rings is 1. The summed E-state index contributed by atoms with van der Waals surface area (Å²) in [5, 5.41) is 5.83. The standard InChI is InChI=1S/C17H20N4O2/c1-23-16-15(10-18-11-19-16)21-17(22)20-14(13-7-8-13)9-12-5-3-2-4-6-12/h2-6,10-11,13-14H,7-9H2,1H3,(H2,20,21,22)/t14-/m0/s1. The molecule has 2 N–H and O–H groups in total. The molecule has 3 rings (SSSR count). The van der Waals surface area contributed by atoms with Gasteiger partial charge in [0.15, 0.2) is 0 Å². The van der Waals surface area contributed by atoms with Crippen LogP contribution in [0, 0.1) is 5.92 Å². The topological polar surface area (TPSA) is 76.1 Å². The summed E-state index contributed by atoms with van der Waals surface area (Å²) in [4.78, 5) is 20.2. The SMILES string of the molecule is COc1ncncc1NC(=O)N[C@@H](Cc1ccccc1)C1CC1. The molecule has 0 saturated heterocycles. The first-order valence-corrected chi connectivity index (χ1v) is 7.71. The number of urea groups is 1. The van der Waals surface area contributed by atoms with Crippen LogP contribution in [0.1, 0.15) is 18.4 Å². The predicted octanol–water partition coefficient (Wildman–Crippen LogP) is 2.63. The highest BCUT2D eigenvalue weighted by Gasteiger charge is 2.32. The molecular weight excluding hydrogens is 292 g/mol. The fourth-order valence-electron chi connectivity index (χ4n) is 2.60. The lowest BCUT2D eigenvalue weighted by Gasteiger charge is -2.19. The fraction of sp³-hybridized carbons (Fsp3) is 0.353. The van der Waals surface area contributed by atoms with Crippen LogP contribution in [0.3, 0.4) is 0 Å². The summed E-state index contributed by atoms with van der Waals surface area (Å²) in [6.45, 7) is 0. The van der Waals surface area contributed by atoms with Gasteiger partial charge >= 0.3 is 6.03 Å². The van der Waals surface area contributed by atoms with Crippen molar-refractivity contribution in [3.63, 3.8) is 0 Å². The fourth-order valence-corrected chi connectivity index (χ4v) is 2.60. The first kappa shape index (κ1) is 15.3. The molecule has 23 heavy (non-hydrogen) atoms. The Labute approximate surface area is 135 Å². The molecule has 0 radical (unpaired) electrons. The molecule has 1 aromatic heterocycles. The summed E-state index contributed by atoms with van der Waals surface area (Å²) in [7, 11) is 1.51. The first-order valence-electron chi connectivity index (χ1n) is 7.71. The molecule has 2 aromatic rings. The largest absolute Gasteiger partial charge is 0.479 e. The zero-order chi connectivity index (χ0) is 16.1. The Balaban J connectivity index is 1.62. The number of carbonyl (C=O) groups is 1. The number of rotatable bonds is 6.